The molecule has 2 aliphatic rings. The molecule has 1 saturated heterocycles. The van der Waals surface area contributed by atoms with Crippen molar-refractivity contribution in [3.8, 4) is 0 Å². The van der Waals surface area contributed by atoms with Gasteiger partial charge >= 0.3 is 0 Å². The van der Waals surface area contributed by atoms with E-state index in [0.29, 0.717) is 0 Å². The van der Waals surface area contributed by atoms with Crippen LogP contribution in [0.2, 0.25) is 0 Å². The van der Waals surface area contributed by atoms with Crippen LogP contribution in [0, 0.1) is 0 Å². The number of nitrogens with one attached hydrogen (secondary N) is 1. The van der Waals surface area contributed by atoms with Crippen LogP contribution in [0.1, 0.15) is 64.7 Å². The van der Waals surface area contributed by atoms with Crippen molar-refractivity contribution in [1.82, 2.24) is 15.1 Å². The van der Waals surface area contributed by atoms with E-state index in [2.05, 4.69) is 22.0 Å². The third-order valence-corrected chi connectivity index (χ3v) is 5.25. The van der Waals surface area contributed by atoms with Gasteiger partial charge in [-0.3, -0.25) is 4.90 Å². The molecule has 0 radical (unpaired) electrons. The Kier molecular flexibility index (Phi) is 8.68. The highest BCUT2D eigenvalue weighted by Gasteiger charge is 2.25. The summed E-state index contributed by atoms with van der Waals surface area (Å²) < 4.78 is 0. The second kappa shape index (κ2) is 10.6. The van der Waals surface area contributed by atoms with Crippen molar-refractivity contribution >= 4 is 0 Å². The fourth-order valence-electron chi connectivity index (χ4n) is 3.86. The third kappa shape index (κ3) is 6.66. The fraction of sp³-hybridized carbons (Fsp3) is 1.00. The molecule has 0 spiro atoms. The highest BCUT2D eigenvalue weighted by molar-refractivity contribution is 4.81. The molecule has 21 heavy (non-hydrogen) atoms. The summed E-state index contributed by atoms with van der Waals surface area (Å²) in [7, 11) is 0. The molecule has 0 aromatic rings. The molecular weight excluding hydrogens is 258 g/mol. The molecule has 0 aromatic heterocycles. The number of hydrogen-bond donors (Lipinski definition) is 1. The lowest BCUT2D eigenvalue weighted by atomic mass is 10.1. The van der Waals surface area contributed by atoms with E-state index in [4.69, 9.17) is 0 Å². The monoisotopic (exact) mass is 295 g/mol. The van der Waals surface area contributed by atoms with Crippen LogP contribution in [0.3, 0.4) is 0 Å². The Morgan fingerprint density at radius 3 is 2.29 bits per heavy atom. The summed E-state index contributed by atoms with van der Waals surface area (Å²) in [4.78, 5) is 5.46. The van der Waals surface area contributed by atoms with Gasteiger partial charge in [-0.15, -0.1) is 0 Å². The second-order valence-corrected chi connectivity index (χ2v) is 6.98. The number of nitrogens with zero attached hydrogens (tertiary/aromatic N) is 2. The zero-order valence-electron chi connectivity index (χ0n) is 14.3. The zero-order valence-corrected chi connectivity index (χ0v) is 14.3. The molecule has 0 aromatic carbocycles. The topological polar surface area (TPSA) is 18.5 Å². The molecule has 1 N–H and O–H groups in total. The van der Waals surface area contributed by atoms with E-state index in [1.807, 2.05) is 0 Å². The summed E-state index contributed by atoms with van der Waals surface area (Å²) in [5.41, 5.74) is 0. The Labute approximate surface area is 132 Å². The maximum atomic E-state index is 3.49. The van der Waals surface area contributed by atoms with Crippen LogP contribution in [0.15, 0.2) is 0 Å². The summed E-state index contributed by atoms with van der Waals surface area (Å²) in [5.74, 6) is 0. The lowest BCUT2D eigenvalue weighted by Crippen LogP contribution is -2.49. The quantitative estimate of drug-likeness (QED) is 0.625. The van der Waals surface area contributed by atoms with Crippen molar-refractivity contribution in [2.24, 2.45) is 0 Å². The first-order valence-electron chi connectivity index (χ1n) is 9.57. The largest absolute Gasteiger partial charge is 0.317 e. The summed E-state index contributed by atoms with van der Waals surface area (Å²) in [6, 6.07) is 0.933. The SMILES string of the molecule is CCCNCCCCCCN1CCN(C2CCCC2)CC1. The molecule has 3 nitrogen and oxygen atoms in total. The van der Waals surface area contributed by atoms with Crippen molar-refractivity contribution in [3.05, 3.63) is 0 Å². The highest BCUT2D eigenvalue weighted by Crippen LogP contribution is 2.24. The van der Waals surface area contributed by atoms with Crippen LogP contribution in [-0.4, -0.2) is 61.7 Å². The first-order chi connectivity index (χ1) is 10.4. The van der Waals surface area contributed by atoms with Crippen molar-refractivity contribution in [2.45, 2.75) is 70.8 Å². The van der Waals surface area contributed by atoms with E-state index in [9.17, 15) is 0 Å². The number of hydrogen-bond acceptors (Lipinski definition) is 3. The molecule has 2 rings (SSSR count). The summed E-state index contributed by atoms with van der Waals surface area (Å²) >= 11 is 0. The molecule has 0 atom stereocenters. The minimum Gasteiger partial charge on any atom is -0.317 e. The van der Waals surface area contributed by atoms with Crippen molar-refractivity contribution in [2.75, 3.05) is 45.8 Å². The Morgan fingerprint density at radius 1 is 0.857 bits per heavy atom. The zero-order chi connectivity index (χ0) is 14.8. The van der Waals surface area contributed by atoms with Crippen LogP contribution in [0.4, 0.5) is 0 Å². The molecule has 1 heterocycles. The first kappa shape index (κ1) is 17.2. The van der Waals surface area contributed by atoms with Gasteiger partial charge in [0.25, 0.3) is 0 Å². The van der Waals surface area contributed by atoms with E-state index in [1.54, 1.807) is 0 Å². The molecule has 3 heteroatoms. The Hall–Kier alpha value is -0.120. The number of rotatable bonds is 10. The molecular formula is C18H37N3. The average molecular weight is 296 g/mol. The lowest BCUT2D eigenvalue weighted by Gasteiger charge is -2.38. The highest BCUT2D eigenvalue weighted by atomic mass is 15.3. The summed E-state index contributed by atoms with van der Waals surface area (Å²) in [6.45, 7) is 11.2. The van der Waals surface area contributed by atoms with E-state index < -0.39 is 0 Å². The van der Waals surface area contributed by atoms with Crippen molar-refractivity contribution < 1.29 is 0 Å². The average Bonchev–Trinajstić information content (AvgIpc) is 3.05. The van der Waals surface area contributed by atoms with Crippen LogP contribution in [-0.2, 0) is 0 Å². The second-order valence-electron chi connectivity index (χ2n) is 6.98. The molecule has 0 bridgehead atoms. The third-order valence-electron chi connectivity index (χ3n) is 5.25. The van der Waals surface area contributed by atoms with Gasteiger partial charge in [-0.2, -0.15) is 0 Å². The van der Waals surface area contributed by atoms with Crippen molar-refractivity contribution in [3.63, 3.8) is 0 Å². The minimum atomic E-state index is 0.933. The van der Waals surface area contributed by atoms with Gasteiger partial charge in [0, 0.05) is 32.2 Å². The normalized spacial score (nSPS) is 22.1. The Bertz CT molecular complexity index is 243. The number of piperazine rings is 1. The van der Waals surface area contributed by atoms with Gasteiger partial charge in [0.15, 0.2) is 0 Å². The molecule has 1 aliphatic carbocycles. The van der Waals surface area contributed by atoms with Gasteiger partial charge in [0.05, 0.1) is 0 Å². The maximum Gasteiger partial charge on any atom is 0.0113 e. The summed E-state index contributed by atoms with van der Waals surface area (Å²) in [6.07, 6.45) is 12.7. The number of unbranched alkanes of at least 4 members (excludes halogenated alkanes) is 3. The van der Waals surface area contributed by atoms with Crippen LogP contribution in [0.25, 0.3) is 0 Å². The summed E-state index contributed by atoms with van der Waals surface area (Å²) in [5, 5.41) is 3.49. The van der Waals surface area contributed by atoms with Gasteiger partial charge in [0.2, 0.25) is 0 Å². The van der Waals surface area contributed by atoms with Gasteiger partial charge < -0.3 is 10.2 Å². The standard InChI is InChI=1S/C18H37N3/c1-2-11-19-12-7-3-4-8-13-20-14-16-21(17-15-20)18-9-5-6-10-18/h18-19H,2-17H2,1H3. The molecule has 1 aliphatic heterocycles. The van der Waals surface area contributed by atoms with E-state index in [-0.39, 0.29) is 0 Å². The molecule has 0 amide bonds. The van der Waals surface area contributed by atoms with Crippen LogP contribution in [0.5, 0.6) is 0 Å². The Morgan fingerprint density at radius 2 is 1.57 bits per heavy atom. The molecule has 2 fully saturated rings. The smallest absolute Gasteiger partial charge is 0.0113 e. The van der Waals surface area contributed by atoms with Gasteiger partial charge in [-0.25, -0.2) is 0 Å². The predicted octanol–water partition coefficient (Wildman–Crippen LogP) is 3.11. The molecule has 0 unspecified atom stereocenters. The molecule has 1 saturated carbocycles. The minimum absolute atomic E-state index is 0.933. The van der Waals surface area contributed by atoms with Gasteiger partial charge in [-0.05, 0) is 51.7 Å². The maximum absolute atomic E-state index is 3.49. The van der Waals surface area contributed by atoms with Crippen molar-refractivity contribution in [1.29, 1.82) is 0 Å². The van der Waals surface area contributed by atoms with E-state index in [0.717, 1.165) is 6.04 Å². The first-order valence-corrected chi connectivity index (χ1v) is 9.57. The van der Waals surface area contributed by atoms with Gasteiger partial charge in [0.1, 0.15) is 0 Å². The van der Waals surface area contributed by atoms with Gasteiger partial charge in [-0.1, -0.05) is 32.6 Å². The Balaban J connectivity index is 1.42. The van der Waals surface area contributed by atoms with E-state index in [1.165, 1.54) is 104 Å². The van der Waals surface area contributed by atoms with Crippen LogP contribution >= 0.6 is 0 Å². The predicted molar refractivity (Wildman–Crippen MR) is 91.9 cm³/mol. The van der Waals surface area contributed by atoms with Crippen LogP contribution < -0.4 is 5.32 Å². The van der Waals surface area contributed by atoms with E-state index >= 15 is 0 Å². The fourth-order valence-corrected chi connectivity index (χ4v) is 3.86. The molecule has 124 valence electrons. The lowest BCUT2D eigenvalue weighted by molar-refractivity contribution is 0.0967.